The van der Waals surface area contributed by atoms with E-state index in [0.29, 0.717) is 5.92 Å². The minimum Gasteiger partial charge on any atom is -0.0921 e. The van der Waals surface area contributed by atoms with Crippen molar-refractivity contribution in [2.75, 3.05) is 5.33 Å². The van der Waals surface area contributed by atoms with Crippen LogP contribution in [0, 0.1) is 20.8 Å². The summed E-state index contributed by atoms with van der Waals surface area (Å²) in [6.07, 6.45) is 1.09. The Morgan fingerprint density at radius 2 is 1.58 bits per heavy atom. The largest absolute Gasteiger partial charge is 0.0921 e. The van der Waals surface area contributed by atoms with Gasteiger partial charge in [-0.3, -0.25) is 0 Å². The lowest BCUT2D eigenvalue weighted by Crippen LogP contribution is -2.05. The smallest absolute Gasteiger partial charge is 0.0103 e. The Kier molecular flexibility index (Phi) is 4.81. The highest BCUT2D eigenvalue weighted by Crippen LogP contribution is 2.24. The van der Waals surface area contributed by atoms with Crippen molar-refractivity contribution in [1.29, 1.82) is 0 Å². The van der Waals surface area contributed by atoms with Gasteiger partial charge in [-0.05, 0) is 55.4 Å². The predicted octanol–water partition coefficient (Wildman–Crippen LogP) is 5.33. The lowest BCUT2D eigenvalue weighted by molar-refractivity contribution is 0.774. The van der Waals surface area contributed by atoms with Crippen LogP contribution < -0.4 is 0 Å². The first-order valence-electron chi connectivity index (χ1n) is 6.79. The molecule has 0 saturated carbocycles. The van der Waals surface area contributed by atoms with Crippen LogP contribution in [-0.4, -0.2) is 5.33 Å². The third-order valence-corrected chi connectivity index (χ3v) is 4.57. The van der Waals surface area contributed by atoms with Gasteiger partial charge in [0.1, 0.15) is 0 Å². The number of hydrogen-bond donors (Lipinski definition) is 0. The van der Waals surface area contributed by atoms with Crippen LogP contribution in [0.2, 0.25) is 0 Å². The summed E-state index contributed by atoms with van der Waals surface area (Å²) in [6.45, 7) is 6.49. The highest BCUT2D eigenvalue weighted by atomic mass is 79.9. The molecule has 0 bridgehead atoms. The number of alkyl halides is 1. The van der Waals surface area contributed by atoms with Crippen molar-refractivity contribution in [3.05, 3.63) is 70.3 Å². The van der Waals surface area contributed by atoms with E-state index in [2.05, 4.69) is 79.2 Å². The molecule has 1 heteroatoms. The van der Waals surface area contributed by atoms with Crippen molar-refractivity contribution in [3.63, 3.8) is 0 Å². The molecule has 1 atom stereocenters. The number of rotatable bonds is 4. The Labute approximate surface area is 125 Å². The van der Waals surface area contributed by atoms with E-state index in [1.807, 2.05) is 0 Å². The summed E-state index contributed by atoms with van der Waals surface area (Å²) in [6, 6.07) is 15.7. The Hall–Kier alpha value is -1.08. The predicted molar refractivity (Wildman–Crippen MR) is 87.3 cm³/mol. The van der Waals surface area contributed by atoms with Crippen molar-refractivity contribution in [1.82, 2.24) is 0 Å². The highest BCUT2D eigenvalue weighted by Gasteiger charge is 2.11. The molecular weight excluding hydrogens is 296 g/mol. The topological polar surface area (TPSA) is 0 Å². The van der Waals surface area contributed by atoms with E-state index >= 15 is 0 Å². The minimum atomic E-state index is 0.544. The highest BCUT2D eigenvalue weighted by molar-refractivity contribution is 9.09. The van der Waals surface area contributed by atoms with Crippen LogP contribution in [0.4, 0.5) is 0 Å². The van der Waals surface area contributed by atoms with Gasteiger partial charge in [0.2, 0.25) is 0 Å². The van der Waals surface area contributed by atoms with Crippen molar-refractivity contribution in [2.45, 2.75) is 33.1 Å². The normalized spacial score (nSPS) is 12.4. The zero-order chi connectivity index (χ0) is 13.8. The third-order valence-electron chi connectivity index (χ3n) is 3.79. The lowest BCUT2D eigenvalue weighted by atomic mass is 9.92. The van der Waals surface area contributed by atoms with Gasteiger partial charge in [0.25, 0.3) is 0 Å². The third kappa shape index (κ3) is 3.70. The Balaban J connectivity index is 2.18. The summed E-state index contributed by atoms with van der Waals surface area (Å²) in [5, 5.41) is 1.00. The lowest BCUT2D eigenvalue weighted by Gasteiger charge is -2.16. The molecule has 0 heterocycles. The molecule has 0 aromatic heterocycles. The molecule has 0 amide bonds. The summed E-state index contributed by atoms with van der Waals surface area (Å²) < 4.78 is 0. The zero-order valence-electron chi connectivity index (χ0n) is 11.9. The van der Waals surface area contributed by atoms with Crippen LogP contribution in [0.5, 0.6) is 0 Å². The summed E-state index contributed by atoms with van der Waals surface area (Å²) in [7, 11) is 0. The molecule has 0 spiro atoms. The zero-order valence-corrected chi connectivity index (χ0v) is 13.5. The van der Waals surface area contributed by atoms with E-state index in [-0.39, 0.29) is 0 Å². The van der Waals surface area contributed by atoms with Gasteiger partial charge in [-0.15, -0.1) is 0 Å². The van der Waals surface area contributed by atoms with Gasteiger partial charge in [0.15, 0.2) is 0 Å². The van der Waals surface area contributed by atoms with Gasteiger partial charge in [0.05, 0.1) is 0 Å². The van der Waals surface area contributed by atoms with Crippen molar-refractivity contribution >= 4 is 15.9 Å². The molecule has 2 aromatic carbocycles. The maximum absolute atomic E-state index is 3.66. The first-order valence-corrected chi connectivity index (χ1v) is 7.91. The molecule has 1 unspecified atom stereocenters. The molecule has 0 aliphatic rings. The molecule has 2 aromatic rings. The number of aryl methyl sites for hydroxylation is 3. The summed E-state index contributed by atoms with van der Waals surface area (Å²) in [5.41, 5.74) is 6.92. The van der Waals surface area contributed by atoms with Crippen LogP contribution in [0.3, 0.4) is 0 Å². The standard InChI is InChI=1S/C18H21Br/c1-13-4-8-17(9-5-13)18(12-19)11-16-7-6-14(2)15(3)10-16/h4-10,18H,11-12H2,1-3H3. The molecule has 0 aliphatic carbocycles. The fraction of sp³-hybridized carbons (Fsp3) is 0.333. The van der Waals surface area contributed by atoms with Gasteiger partial charge in [-0.1, -0.05) is 64.0 Å². The molecule has 100 valence electrons. The van der Waals surface area contributed by atoms with Crippen molar-refractivity contribution in [2.24, 2.45) is 0 Å². The molecule has 0 saturated heterocycles. The average molecular weight is 317 g/mol. The molecule has 0 radical (unpaired) electrons. The molecule has 2 rings (SSSR count). The van der Waals surface area contributed by atoms with E-state index in [0.717, 1.165) is 11.8 Å². The Morgan fingerprint density at radius 3 is 2.16 bits per heavy atom. The first-order chi connectivity index (χ1) is 9.10. The van der Waals surface area contributed by atoms with Crippen LogP contribution >= 0.6 is 15.9 Å². The van der Waals surface area contributed by atoms with E-state index < -0.39 is 0 Å². The van der Waals surface area contributed by atoms with Crippen molar-refractivity contribution < 1.29 is 0 Å². The summed E-state index contributed by atoms with van der Waals surface area (Å²) >= 11 is 3.66. The van der Waals surface area contributed by atoms with Gasteiger partial charge in [-0.25, -0.2) is 0 Å². The van der Waals surface area contributed by atoms with Crippen LogP contribution in [0.1, 0.15) is 33.7 Å². The number of halogens is 1. The van der Waals surface area contributed by atoms with E-state index in [1.165, 1.54) is 27.8 Å². The molecule has 0 aliphatic heterocycles. The SMILES string of the molecule is Cc1ccc(C(CBr)Cc2ccc(C)c(C)c2)cc1. The van der Waals surface area contributed by atoms with E-state index in [9.17, 15) is 0 Å². The van der Waals surface area contributed by atoms with Crippen LogP contribution in [0.25, 0.3) is 0 Å². The number of benzene rings is 2. The van der Waals surface area contributed by atoms with Gasteiger partial charge in [0, 0.05) is 5.33 Å². The Morgan fingerprint density at radius 1 is 0.895 bits per heavy atom. The minimum absolute atomic E-state index is 0.544. The summed E-state index contributed by atoms with van der Waals surface area (Å²) in [5.74, 6) is 0.544. The molecule has 0 N–H and O–H groups in total. The quantitative estimate of drug-likeness (QED) is 0.668. The monoisotopic (exact) mass is 316 g/mol. The molecular formula is C18H21Br. The fourth-order valence-corrected chi connectivity index (χ4v) is 2.92. The van der Waals surface area contributed by atoms with Gasteiger partial charge in [-0.2, -0.15) is 0 Å². The summed E-state index contributed by atoms with van der Waals surface area (Å²) in [4.78, 5) is 0. The second kappa shape index (κ2) is 6.38. The van der Waals surface area contributed by atoms with E-state index in [4.69, 9.17) is 0 Å². The van der Waals surface area contributed by atoms with Crippen LogP contribution in [0.15, 0.2) is 42.5 Å². The second-order valence-corrected chi connectivity index (χ2v) is 6.03. The fourth-order valence-electron chi connectivity index (χ4n) is 2.32. The number of hydrogen-bond acceptors (Lipinski definition) is 0. The average Bonchev–Trinajstić information content (AvgIpc) is 2.41. The Bertz CT molecular complexity index is 540. The van der Waals surface area contributed by atoms with Gasteiger partial charge < -0.3 is 0 Å². The van der Waals surface area contributed by atoms with Crippen LogP contribution in [-0.2, 0) is 6.42 Å². The van der Waals surface area contributed by atoms with Gasteiger partial charge >= 0.3 is 0 Å². The maximum atomic E-state index is 3.66. The maximum Gasteiger partial charge on any atom is 0.0103 e. The first kappa shape index (κ1) is 14.3. The molecule has 0 fully saturated rings. The second-order valence-electron chi connectivity index (χ2n) is 5.38. The molecule has 19 heavy (non-hydrogen) atoms. The van der Waals surface area contributed by atoms with Crippen molar-refractivity contribution in [3.8, 4) is 0 Å². The molecule has 0 nitrogen and oxygen atoms in total. The van der Waals surface area contributed by atoms with E-state index in [1.54, 1.807) is 0 Å².